The van der Waals surface area contributed by atoms with Crippen LogP contribution >= 0.6 is 0 Å². The number of fused-ring (bicyclic) bond motifs is 7. The lowest BCUT2D eigenvalue weighted by Crippen LogP contribution is -2.65. The van der Waals surface area contributed by atoms with E-state index in [1.54, 1.807) is 12.5 Å². The molecule has 0 amide bonds. The van der Waals surface area contributed by atoms with Crippen LogP contribution in [0.5, 0.6) is 0 Å². The molecule has 286 valence electrons. The Morgan fingerprint density at radius 3 is 2.14 bits per heavy atom. The molecule has 0 spiro atoms. The van der Waals surface area contributed by atoms with E-state index in [9.17, 15) is 25.5 Å². The van der Waals surface area contributed by atoms with Crippen LogP contribution < -0.4 is 0 Å². The second-order valence-electron chi connectivity index (χ2n) is 19.8. The molecule has 0 radical (unpaired) electrons. The maximum absolute atomic E-state index is 11.1. The van der Waals surface area contributed by atoms with Crippen molar-refractivity contribution in [2.24, 2.45) is 56.7 Å². The van der Waals surface area contributed by atoms with Gasteiger partial charge in [0.1, 0.15) is 36.6 Å². The third-order valence-electron chi connectivity index (χ3n) is 17.2. The first-order chi connectivity index (χ1) is 23.3. The van der Waals surface area contributed by atoms with E-state index < -0.39 is 55.3 Å². The maximum Gasteiger partial charge on any atom is 0.186 e. The van der Waals surface area contributed by atoms with Gasteiger partial charge in [-0.15, -0.1) is 0 Å². The monoisotopic (exact) mass is 704 g/mol. The van der Waals surface area contributed by atoms with Crippen molar-refractivity contribution in [3.8, 4) is 0 Å². The highest BCUT2D eigenvalue weighted by atomic mass is 16.7. The second-order valence-corrected chi connectivity index (χ2v) is 19.8. The SMILES string of the molecule is C[C@H]1[C@H](C)CC[C@]2(C)CC[C@]3(C)C(=CC[C@@H]4[C@@]5(C)CC[C@H](O[C@@H]6O[C@H](CO[C@@H]7O[C@@H](C)[C@H](O)[C@@H](O)[C@H]7O)[C@H](O)[C@H]6O)C(C)(C)[C@@H]5CC[C@]43C)[C@H]12. The standard InChI is InChI=1S/C41H68O9/c1-21-12-15-38(6)18-19-40(8)24(29(38)22(21)2)10-11-27-39(7)16-14-28(37(4,5)26(39)13-17-41(27,40)9)50-36-33(45)31(43)25(49-36)20-47-35-34(46)32(44)30(42)23(3)48-35/h10,21-23,25-36,42-46H,11-20H2,1-9H3/t21-,22+,23+,25-,26+,27-,28+,29+,30+,31+,32-,33-,34-,35-,36+,38-,39+,40-,41-/m1/s1. The van der Waals surface area contributed by atoms with Gasteiger partial charge in [-0.25, -0.2) is 0 Å². The van der Waals surface area contributed by atoms with Crippen LogP contribution in [-0.4, -0.2) is 93.6 Å². The van der Waals surface area contributed by atoms with E-state index >= 15 is 0 Å². The van der Waals surface area contributed by atoms with E-state index in [1.807, 2.05) is 0 Å². The Balaban J connectivity index is 1.05. The fourth-order valence-corrected chi connectivity index (χ4v) is 13.5. The topological polar surface area (TPSA) is 138 Å². The Labute approximate surface area is 300 Å². The summed E-state index contributed by atoms with van der Waals surface area (Å²) in [5.41, 5.74) is 2.69. The Hall–Kier alpha value is -0.620. The molecule has 7 aliphatic rings. The quantitative estimate of drug-likeness (QED) is 0.240. The average molecular weight is 705 g/mol. The summed E-state index contributed by atoms with van der Waals surface area (Å²) in [7, 11) is 0. The lowest BCUT2D eigenvalue weighted by molar-refractivity contribution is -0.302. The molecule has 9 heteroatoms. The van der Waals surface area contributed by atoms with Crippen LogP contribution in [0.25, 0.3) is 0 Å². The van der Waals surface area contributed by atoms with Crippen molar-refractivity contribution < 1.29 is 44.5 Å². The molecule has 4 saturated carbocycles. The van der Waals surface area contributed by atoms with Crippen LogP contribution in [0.2, 0.25) is 0 Å². The van der Waals surface area contributed by atoms with E-state index in [0.717, 1.165) is 37.5 Å². The molecule has 2 aliphatic heterocycles. The van der Waals surface area contributed by atoms with Gasteiger partial charge in [0, 0.05) is 0 Å². The Bertz CT molecular complexity index is 1300. The highest BCUT2D eigenvalue weighted by molar-refractivity contribution is 5.33. The van der Waals surface area contributed by atoms with Crippen molar-refractivity contribution in [2.45, 2.75) is 182 Å². The van der Waals surface area contributed by atoms with Gasteiger partial charge >= 0.3 is 0 Å². The van der Waals surface area contributed by atoms with Crippen LogP contribution in [0.4, 0.5) is 0 Å². The van der Waals surface area contributed by atoms with E-state index in [0.29, 0.717) is 23.2 Å². The molecule has 0 bridgehead atoms. The lowest BCUT2D eigenvalue weighted by Gasteiger charge is -2.71. The van der Waals surface area contributed by atoms with Crippen molar-refractivity contribution in [1.82, 2.24) is 0 Å². The van der Waals surface area contributed by atoms with Gasteiger partial charge in [-0.05, 0) is 121 Å². The predicted octanol–water partition coefficient (Wildman–Crippen LogP) is 5.34. The molecule has 0 aromatic heterocycles. The first-order valence-electron chi connectivity index (χ1n) is 20.0. The van der Waals surface area contributed by atoms with Gasteiger partial charge in [-0.1, -0.05) is 67.0 Å². The summed E-state index contributed by atoms with van der Waals surface area (Å²) >= 11 is 0. The van der Waals surface area contributed by atoms with Crippen LogP contribution in [0, 0.1) is 56.7 Å². The summed E-state index contributed by atoms with van der Waals surface area (Å²) in [4.78, 5) is 0. The molecule has 0 aromatic rings. The summed E-state index contributed by atoms with van der Waals surface area (Å²) in [6.45, 7) is 21.6. The van der Waals surface area contributed by atoms with Crippen molar-refractivity contribution in [1.29, 1.82) is 0 Å². The van der Waals surface area contributed by atoms with Gasteiger partial charge in [0.2, 0.25) is 0 Å². The Kier molecular flexibility index (Phi) is 9.59. The lowest BCUT2D eigenvalue weighted by atomic mass is 9.33. The van der Waals surface area contributed by atoms with Crippen molar-refractivity contribution in [2.75, 3.05) is 6.61 Å². The molecule has 6 fully saturated rings. The zero-order valence-corrected chi connectivity index (χ0v) is 32.2. The summed E-state index contributed by atoms with van der Waals surface area (Å²) in [6.07, 6.45) is 2.92. The molecule has 0 aromatic carbocycles. The molecule has 50 heavy (non-hydrogen) atoms. The minimum absolute atomic E-state index is 0.150. The number of hydrogen-bond donors (Lipinski definition) is 5. The highest BCUT2D eigenvalue weighted by Gasteiger charge is 2.68. The van der Waals surface area contributed by atoms with Crippen LogP contribution in [0.1, 0.15) is 120 Å². The van der Waals surface area contributed by atoms with E-state index in [4.69, 9.17) is 18.9 Å². The first-order valence-corrected chi connectivity index (χ1v) is 20.0. The molecule has 5 aliphatic carbocycles. The van der Waals surface area contributed by atoms with Gasteiger partial charge in [0.05, 0.1) is 18.8 Å². The third kappa shape index (κ3) is 5.40. The minimum atomic E-state index is -1.46. The summed E-state index contributed by atoms with van der Waals surface area (Å²) in [6, 6.07) is 0. The number of hydrogen-bond acceptors (Lipinski definition) is 9. The average Bonchev–Trinajstić information content (AvgIpc) is 3.32. The summed E-state index contributed by atoms with van der Waals surface area (Å²) in [5, 5.41) is 52.5. The zero-order chi connectivity index (χ0) is 36.3. The van der Waals surface area contributed by atoms with Crippen molar-refractivity contribution in [3.05, 3.63) is 11.6 Å². The fraction of sp³-hybridized carbons (Fsp3) is 0.951. The molecule has 2 saturated heterocycles. The molecular formula is C41H68O9. The minimum Gasteiger partial charge on any atom is -0.388 e. The zero-order valence-electron chi connectivity index (χ0n) is 32.2. The highest BCUT2D eigenvalue weighted by Crippen LogP contribution is 2.75. The molecule has 2 heterocycles. The molecular weight excluding hydrogens is 636 g/mol. The third-order valence-corrected chi connectivity index (χ3v) is 17.2. The largest absolute Gasteiger partial charge is 0.388 e. The molecule has 5 N–H and O–H groups in total. The molecule has 9 nitrogen and oxygen atoms in total. The predicted molar refractivity (Wildman–Crippen MR) is 188 cm³/mol. The molecule has 19 atom stereocenters. The Morgan fingerprint density at radius 1 is 0.720 bits per heavy atom. The number of ether oxygens (including phenoxy) is 4. The van der Waals surface area contributed by atoms with Crippen LogP contribution in [0.3, 0.4) is 0 Å². The number of aliphatic hydroxyl groups excluding tert-OH is 5. The van der Waals surface area contributed by atoms with Crippen molar-refractivity contribution >= 4 is 0 Å². The summed E-state index contributed by atoms with van der Waals surface area (Å²) in [5.74, 6) is 3.25. The van der Waals surface area contributed by atoms with E-state index in [1.165, 1.54) is 32.1 Å². The first kappa shape index (κ1) is 37.7. The summed E-state index contributed by atoms with van der Waals surface area (Å²) < 4.78 is 24.0. The van der Waals surface area contributed by atoms with Gasteiger partial charge in [0.15, 0.2) is 12.6 Å². The number of rotatable bonds is 5. The van der Waals surface area contributed by atoms with Gasteiger partial charge < -0.3 is 44.5 Å². The second kappa shape index (κ2) is 12.7. The molecule has 7 rings (SSSR count). The Morgan fingerprint density at radius 2 is 1.42 bits per heavy atom. The van der Waals surface area contributed by atoms with Crippen LogP contribution in [0.15, 0.2) is 11.6 Å². The van der Waals surface area contributed by atoms with Gasteiger partial charge in [-0.2, -0.15) is 0 Å². The molecule has 0 unspecified atom stereocenters. The normalized spacial score (nSPS) is 57.6. The maximum atomic E-state index is 11.1. The van der Waals surface area contributed by atoms with E-state index in [-0.39, 0.29) is 34.4 Å². The van der Waals surface area contributed by atoms with Crippen LogP contribution in [-0.2, 0) is 18.9 Å². The van der Waals surface area contributed by atoms with Gasteiger partial charge in [-0.3, -0.25) is 0 Å². The smallest absolute Gasteiger partial charge is 0.186 e. The van der Waals surface area contributed by atoms with Gasteiger partial charge in [0.25, 0.3) is 0 Å². The number of allylic oxidation sites excluding steroid dienone is 2. The fourth-order valence-electron chi connectivity index (χ4n) is 13.5. The van der Waals surface area contributed by atoms with Crippen molar-refractivity contribution in [3.63, 3.8) is 0 Å². The van der Waals surface area contributed by atoms with E-state index in [2.05, 4.69) is 61.5 Å². The number of aliphatic hydroxyl groups is 5.